The van der Waals surface area contributed by atoms with Crippen LogP contribution in [0.25, 0.3) is 32.4 Å². The Morgan fingerprint density at radius 2 is 1.75 bits per heavy atom. The summed E-state index contributed by atoms with van der Waals surface area (Å²) in [5.74, 6) is 1.10. The van der Waals surface area contributed by atoms with Crippen molar-refractivity contribution >= 4 is 32.4 Å². The highest BCUT2D eigenvalue weighted by molar-refractivity contribution is 6.18. The Kier molecular flexibility index (Phi) is 6.21. The summed E-state index contributed by atoms with van der Waals surface area (Å²) in [6, 6.07) is 11.0. The van der Waals surface area contributed by atoms with Crippen LogP contribution in [0, 0.1) is 5.82 Å². The molecule has 10 heteroatoms. The average Bonchev–Trinajstić information content (AvgIpc) is 3.39. The van der Waals surface area contributed by atoms with Crippen molar-refractivity contribution in [1.29, 1.82) is 0 Å². The molecule has 0 N–H and O–H groups in total. The minimum Gasteiger partial charge on any atom is -1.00 e. The van der Waals surface area contributed by atoms with E-state index in [-0.39, 0.29) is 30.2 Å². The van der Waals surface area contributed by atoms with E-state index in [9.17, 15) is 17.6 Å². The predicted molar refractivity (Wildman–Crippen MR) is 136 cm³/mol. The fourth-order valence-electron chi connectivity index (χ4n) is 6.03. The number of hydrogen-bond donors (Lipinski definition) is 0. The number of hydrogen-bond acceptors (Lipinski definition) is 4. The topological polar surface area (TPSA) is 40.8 Å². The van der Waals surface area contributed by atoms with Gasteiger partial charge < -0.3 is 35.9 Å². The van der Waals surface area contributed by atoms with Crippen LogP contribution in [0.15, 0.2) is 48.7 Å². The van der Waals surface area contributed by atoms with Crippen LogP contribution in [0.5, 0.6) is 23.0 Å². The molecule has 0 saturated heterocycles. The number of benzene rings is 4. The third kappa shape index (κ3) is 3.83. The maximum Gasteiger partial charge on any atom is 0.419 e. The van der Waals surface area contributed by atoms with Gasteiger partial charge in [0.1, 0.15) is 5.82 Å². The summed E-state index contributed by atoms with van der Waals surface area (Å²) in [6.07, 6.45) is -1.87. The summed E-state index contributed by atoms with van der Waals surface area (Å²) in [5, 5.41) is 4.49. The number of fused-ring (bicyclic) bond motifs is 4. The van der Waals surface area contributed by atoms with Crippen molar-refractivity contribution in [3.8, 4) is 23.0 Å². The van der Waals surface area contributed by atoms with Crippen LogP contribution in [0.4, 0.5) is 17.6 Å². The van der Waals surface area contributed by atoms with E-state index < -0.39 is 17.6 Å². The van der Waals surface area contributed by atoms with E-state index in [1.165, 1.54) is 6.07 Å². The van der Waals surface area contributed by atoms with Gasteiger partial charge in [-0.25, -0.2) is 4.39 Å². The molecule has 1 aromatic heterocycles. The van der Waals surface area contributed by atoms with E-state index in [0.717, 1.165) is 68.7 Å². The number of ether oxygens (including phenoxy) is 4. The molecule has 3 heterocycles. The molecule has 0 atom stereocenters. The lowest BCUT2D eigenvalue weighted by Gasteiger charge is -2.20. The Balaban J connectivity index is 0.00000289. The lowest BCUT2D eigenvalue weighted by atomic mass is 9.88. The van der Waals surface area contributed by atoms with Gasteiger partial charge in [-0.15, -0.1) is 0 Å². The lowest BCUT2D eigenvalue weighted by Crippen LogP contribution is -3.00. The summed E-state index contributed by atoms with van der Waals surface area (Å²) in [7, 11) is 3.18. The highest BCUT2D eigenvalue weighted by Crippen LogP contribution is 2.48. The van der Waals surface area contributed by atoms with E-state index in [1.807, 2.05) is 24.3 Å². The number of alkyl halides is 3. The third-order valence-electron chi connectivity index (χ3n) is 7.68. The lowest BCUT2D eigenvalue weighted by molar-refractivity contribution is -0.670. The van der Waals surface area contributed by atoms with Gasteiger partial charge in [0.05, 0.1) is 35.9 Å². The zero-order valence-electron chi connectivity index (χ0n) is 21.4. The maximum atomic E-state index is 14.1. The quantitative estimate of drug-likeness (QED) is 0.176. The predicted octanol–water partition coefficient (Wildman–Crippen LogP) is 3.49. The largest absolute Gasteiger partial charge is 1.00 e. The summed E-state index contributed by atoms with van der Waals surface area (Å²) in [5.41, 5.74) is 1.90. The second-order valence-electron chi connectivity index (χ2n) is 9.77. The van der Waals surface area contributed by atoms with Gasteiger partial charge in [0.15, 0.2) is 35.7 Å². The van der Waals surface area contributed by atoms with Gasteiger partial charge >= 0.3 is 6.18 Å². The summed E-state index contributed by atoms with van der Waals surface area (Å²) in [6.45, 7) is 0.787. The summed E-state index contributed by atoms with van der Waals surface area (Å²) < 4.78 is 79.7. The molecule has 7 rings (SSSR count). The number of methoxy groups -OCH3 is 2. The van der Waals surface area contributed by atoms with Crippen molar-refractivity contribution in [3.05, 3.63) is 76.7 Å². The molecule has 0 amide bonds. The van der Waals surface area contributed by atoms with E-state index in [4.69, 9.17) is 18.9 Å². The van der Waals surface area contributed by atoms with Crippen LogP contribution in [0.1, 0.15) is 22.3 Å². The Labute approximate surface area is 236 Å². The van der Waals surface area contributed by atoms with Gasteiger partial charge in [-0.3, -0.25) is 0 Å². The standard InChI is InChI=1S/C30H22F4NO4.BrH/c1-36-23-6-4-18-19-11-17(9-15-3-5-22(31)21(10-15)30(32,33)34)26-25-16(12-24-29(26)39-14-38-24)7-8-35(27(19)25)13-20(18)28(23)37-2;/h3-6,10-13H,7-9,14H2,1-2H3;1H/q+1;/p-1. The van der Waals surface area contributed by atoms with E-state index >= 15 is 0 Å². The molecular formula is C30H22BrF4NO4. The fraction of sp³-hybridized carbons (Fsp3) is 0.233. The van der Waals surface area contributed by atoms with Gasteiger partial charge in [-0.1, -0.05) is 6.07 Å². The number of halogens is 5. The molecule has 206 valence electrons. The molecular weight excluding hydrogens is 594 g/mol. The van der Waals surface area contributed by atoms with Gasteiger partial charge in [-0.05, 0) is 59.5 Å². The molecule has 5 nitrogen and oxygen atoms in total. The zero-order chi connectivity index (χ0) is 27.1. The zero-order valence-corrected chi connectivity index (χ0v) is 23.0. The normalized spacial score (nSPS) is 13.8. The molecule has 2 aliphatic heterocycles. The molecule has 0 fully saturated rings. The minimum absolute atomic E-state index is 0. The first kappa shape index (κ1) is 26.4. The number of rotatable bonds is 4. The van der Waals surface area contributed by atoms with Crippen molar-refractivity contribution in [2.75, 3.05) is 21.0 Å². The number of aromatic nitrogens is 1. The highest BCUT2D eigenvalue weighted by Gasteiger charge is 2.35. The Hall–Kier alpha value is -3.79. The van der Waals surface area contributed by atoms with Crippen molar-refractivity contribution in [1.82, 2.24) is 0 Å². The van der Waals surface area contributed by atoms with Gasteiger partial charge in [-0.2, -0.15) is 17.7 Å². The Morgan fingerprint density at radius 1 is 0.925 bits per heavy atom. The van der Waals surface area contributed by atoms with Gasteiger partial charge in [0.2, 0.25) is 12.3 Å². The van der Waals surface area contributed by atoms with Crippen molar-refractivity contribution in [2.24, 2.45) is 0 Å². The van der Waals surface area contributed by atoms with Crippen molar-refractivity contribution in [2.45, 2.75) is 25.6 Å². The Morgan fingerprint density at radius 3 is 2.50 bits per heavy atom. The molecule has 0 radical (unpaired) electrons. The fourth-order valence-corrected chi connectivity index (χ4v) is 6.03. The second kappa shape index (κ2) is 9.40. The van der Waals surface area contributed by atoms with Crippen LogP contribution in [0.3, 0.4) is 0 Å². The average molecular weight is 616 g/mol. The first-order valence-electron chi connectivity index (χ1n) is 12.4. The molecule has 5 aromatic rings. The van der Waals surface area contributed by atoms with Crippen molar-refractivity contribution in [3.63, 3.8) is 0 Å². The molecule has 0 unspecified atom stereocenters. The highest BCUT2D eigenvalue weighted by atomic mass is 79.9. The molecule has 40 heavy (non-hydrogen) atoms. The molecule has 2 aliphatic rings. The molecule has 0 spiro atoms. The number of aryl methyl sites for hydroxylation is 2. The molecule has 0 saturated carbocycles. The van der Waals surface area contributed by atoms with Crippen LogP contribution in [0.2, 0.25) is 0 Å². The van der Waals surface area contributed by atoms with Crippen molar-refractivity contribution < 1.29 is 58.1 Å². The molecule has 4 aromatic carbocycles. The molecule has 0 bridgehead atoms. The number of nitrogens with zero attached hydrogens (tertiary/aromatic N) is 1. The second-order valence-corrected chi connectivity index (χ2v) is 9.77. The summed E-state index contributed by atoms with van der Waals surface area (Å²) in [4.78, 5) is 0. The van der Waals surface area contributed by atoms with E-state index in [0.29, 0.717) is 28.6 Å². The van der Waals surface area contributed by atoms with Crippen LogP contribution >= 0.6 is 0 Å². The monoisotopic (exact) mass is 615 g/mol. The van der Waals surface area contributed by atoms with Gasteiger partial charge in [0.25, 0.3) is 0 Å². The number of pyridine rings is 1. The maximum absolute atomic E-state index is 14.1. The molecule has 0 aliphatic carbocycles. The smallest absolute Gasteiger partial charge is 0.419 e. The minimum atomic E-state index is -4.80. The SMILES string of the molecule is COc1ccc2c(c[n+]3c4c2cc(Cc2ccc(F)c(C(F)(F)F)c2)c2c5c(cc(c24)CC3)OCO5)c1OC.[Br-]. The van der Waals surface area contributed by atoms with E-state index in [1.54, 1.807) is 14.2 Å². The summed E-state index contributed by atoms with van der Waals surface area (Å²) >= 11 is 0. The first-order valence-corrected chi connectivity index (χ1v) is 12.4. The Bertz CT molecular complexity index is 1860. The van der Waals surface area contributed by atoms with Gasteiger partial charge in [0, 0.05) is 17.2 Å². The van der Waals surface area contributed by atoms with Crippen LogP contribution < -0.4 is 40.5 Å². The van der Waals surface area contributed by atoms with Crippen LogP contribution in [-0.2, 0) is 25.6 Å². The first-order chi connectivity index (χ1) is 18.8. The third-order valence-corrected chi connectivity index (χ3v) is 7.68. The van der Waals surface area contributed by atoms with E-state index in [2.05, 4.69) is 10.8 Å². The van der Waals surface area contributed by atoms with Crippen LogP contribution in [-0.4, -0.2) is 21.0 Å².